The molecule has 0 spiro atoms. The van der Waals surface area contributed by atoms with Gasteiger partial charge >= 0.3 is 0 Å². The maximum Gasteiger partial charge on any atom is 0.256 e. The molecular weight excluding hydrogens is 338 g/mol. The number of amides is 1. The zero-order valence-corrected chi connectivity index (χ0v) is 16.6. The molecule has 4 nitrogen and oxygen atoms in total. The minimum Gasteiger partial charge on any atom is -0.493 e. The van der Waals surface area contributed by atoms with Gasteiger partial charge in [-0.15, -0.1) is 0 Å². The molecule has 2 aromatic rings. The zero-order chi connectivity index (χ0) is 19.1. The van der Waals surface area contributed by atoms with E-state index in [-0.39, 0.29) is 5.91 Å². The summed E-state index contributed by atoms with van der Waals surface area (Å²) < 4.78 is 11.9. The van der Waals surface area contributed by atoms with Crippen molar-refractivity contribution in [1.29, 1.82) is 0 Å². The normalized spacial score (nSPS) is 16.7. The number of hydrogen-bond donors (Lipinski definition) is 1. The number of carbonyl (C=O) groups excluding carboxylic acids is 1. The van der Waals surface area contributed by atoms with Gasteiger partial charge < -0.3 is 14.8 Å². The summed E-state index contributed by atoms with van der Waals surface area (Å²) >= 11 is 0. The summed E-state index contributed by atoms with van der Waals surface area (Å²) in [6.07, 6.45) is 6.96. The summed E-state index contributed by atoms with van der Waals surface area (Å²) in [6, 6.07) is 11.9. The molecule has 0 heterocycles. The van der Waals surface area contributed by atoms with Crippen LogP contribution in [0, 0.1) is 0 Å². The average molecular weight is 370 g/mol. The van der Waals surface area contributed by atoms with E-state index in [0.29, 0.717) is 13.2 Å². The Morgan fingerprint density at radius 3 is 2.37 bits per heavy atom. The molecule has 1 aliphatic carbocycles. The van der Waals surface area contributed by atoms with Gasteiger partial charge in [-0.2, -0.15) is 0 Å². The van der Waals surface area contributed by atoms with Gasteiger partial charge in [-0.3, -0.25) is 4.79 Å². The van der Waals surface area contributed by atoms with Gasteiger partial charge in [-0.05, 0) is 38.3 Å². The number of rotatable bonds is 7. The summed E-state index contributed by atoms with van der Waals surface area (Å²) in [5, 5.41) is 5.19. The largest absolute Gasteiger partial charge is 0.493 e. The first kappa shape index (κ1) is 19.7. The molecule has 1 fully saturated rings. The standard InChI is InChI=1S/C23H31NO3/c1-3-17-27-23(15-9-5-6-10-16-23)22(25)24-20-13-14-21(26-4-2)19-12-8-7-11-18(19)20/h7-8,11-14H,3-6,9-10,15-17H2,1-2H3,(H,24,25). The van der Waals surface area contributed by atoms with E-state index in [2.05, 4.69) is 12.2 Å². The molecule has 0 radical (unpaired) electrons. The van der Waals surface area contributed by atoms with Gasteiger partial charge in [0.2, 0.25) is 0 Å². The summed E-state index contributed by atoms with van der Waals surface area (Å²) in [5.41, 5.74) is 0.120. The Labute approximate surface area is 162 Å². The van der Waals surface area contributed by atoms with Gasteiger partial charge in [0.15, 0.2) is 0 Å². The molecule has 27 heavy (non-hydrogen) atoms. The Kier molecular flexibility index (Phi) is 6.73. The van der Waals surface area contributed by atoms with Gasteiger partial charge in [0.05, 0.1) is 6.61 Å². The highest BCUT2D eigenvalue weighted by Gasteiger charge is 2.39. The van der Waals surface area contributed by atoms with E-state index in [1.807, 2.05) is 43.3 Å². The molecular formula is C23H31NO3. The number of ether oxygens (including phenoxy) is 2. The molecule has 0 unspecified atom stereocenters. The van der Waals surface area contributed by atoms with Crippen molar-refractivity contribution in [3.63, 3.8) is 0 Å². The lowest BCUT2D eigenvalue weighted by atomic mass is 9.92. The second kappa shape index (κ2) is 9.23. The molecule has 1 aliphatic rings. The number of benzene rings is 2. The number of fused-ring (bicyclic) bond motifs is 1. The summed E-state index contributed by atoms with van der Waals surface area (Å²) in [7, 11) is 0. The van der Waals surface area contributed by atoms with Gasteiger partial charge in [0, 0.05) is 23.1 Å². The van der Waals surface area contributed by atoms with Crippen LogP contribution in [-0.4, -0.2) is 24.7 Å². The van der Waals surface area contributed by atoms with Crippen LogP contribution in [0.25, 0.3) is 10.8 Å². The second-order valence-electron chi connectivity index (χ2n) is 7.30. The molecule has 0 saturated heterocycles. The van der Waals surface area contributed by atoms with E-state index in [9.17, 15) is 4.79 Å². The molecule has 1 amide bonds. The molecule has 3 rings (SSSR count). The Hall–Kier alpha value is -2.07. The van der Waals surface area contributed by atoms with Crippen molar-refractivity contribution in [3.05, 3.63) is 36.4 Å². The van der Waals surface area contributed by atoms with Crippen molar-refractivity contribution in [2.75, 3.05) is 18.5 Å². The minimum absolute atomic E-state index is 0.00726. The molecule has 2 aromatic carbocycles. The third-order valence-corrected chi connectivity index (χ3v) is 5.34. The lowest BCUT2D eigenvalue weighted by Gasteiger charge is -2.31. The van der Waals surface area contributed by atoms with Crippen molar-refractivity contribution in [3.8, 4) is 5.75 Å². The molecule has 0 bridgehead atoms. The Morgan fingerprint density at radius 1 is 1.00 bits per heavy atom. The fourth-order valence-electron chi connectivity index (χ4n) is 3.93. The zero-order valence-electron chi connectivity index (χ0n) is 16.6. The third kappa shape index (κ3) is 4.44. The SMILES string of the molecule is CCCOC1(C(=O)Nc2ccc(OCC)c3ccccc23)CCCCCC1. The molecule has 0 aliphatic heterocycles. The van der Waals surface area contributed by atoms with Crippen molar-refractivity contribution in [2.24, 2.45) is 0 Å². The van der Waals surface area contributed by atoms with E-state index in [1.165, 1.54) is 12.8 Å². The third-order valence-electron chi connectivity index (χ3n) is 5.34. The highest BCUT2D eigenvalue weighted by molar-refractivity contribution is 6.06. The van der Waals surface area contributed by atoms with Crippen LogP contribution >= 0.6 is 0 Å². The Morgan fingerprint density at radius 2 is 1.70 bits per heavy atom. The number of nitrogens with one attached hydrogen (secondary N) is 1. The first-order chi connectivity index (χ1) is 13.2. The number of carbonyl (C=O) groups is 1. The summed E-state index contributed by atoms with van der Waals surface area (Å²) in [5.74, 6) is 0.838. The summed E-state index contributed by atoms with van der Waals surface area (Å²) in [6.45, 7) is 5.30. The second-order valence-corrected chi connectivity index (χ2v) is 7.30. The molecule has 146 valence electrons. The maximum absolute atomic E-state index is 13.3. The van der Waals surface area contributed by atoms with Crippen LogP contribution in [0.1, 0.15) is 58.8 Å². The first-order valence-electron chi connectivity index (χ1n) is 10.3. The molecule has 0 atom stereocenters. The topological polar surface area (TPSA) is 47.6 Å². The molecule has 0 aromatic heterocycles. The fraction of sp³-hybridized carbons (Fsp3) is 0.522. The van der Waals surface area contributed by atoms with Crippen molar-refractivity contribution in [1.82, 2.24) is 0 Å². The van der Waals surface area contributed by atoms with Crippen molar-refractivity contribution in [2.45, 2.75) is 64.4 Å². The number of hydrogen-bond acceptors (Lipinski definition) is 3. The van der Waals surface area contributed by atoms with E-state index in [1.54, 1.807) is 0 Å². The van der Waals surface area contributed by atoms with E-state index < -0.39 is 5.60 Å². The Balaban J connectivity index is 1.90. The van der Waals surface area contributed by atoms with Gasteiger partial charge in [0.1, 0.15) is 11.4 Å². The maximum atomic E-state index is 13.3. The molecule has 1 N–H and O–H groups in total. The van der Waals surface area contributed by atoms with Crippen LogP contribution in [0.3, 0.4) is 0 Å². The van der Waals surface area contributed by atoms with Crippen LogP contribution in [0.2, 0.25) is 0 Å². The quantitative estimate of drug-likeness (QED) is 0.637. The summed E-state index contributed by atoms with van der Waals surface area (Å²) in [4.78, 5) is 13.3. The lowest BCUT2D eigenvalue weighted by molar-refractivity contribution is -0.143. The van der Waals surface area contributed by atoms with E-state index >= 15 is 0 Å². The van der Waals surface area contributed by atoms with Crippen LogP contribution in [0.5, 0.6) is 5.75 Å². The van der Waals surface area contributed by atoms with Gasteiger partial charge in [-0.25, -0.2) is 0 Å². The van der Waals surface area contributed by atoms with Crippen molar-refractivity contribution < 1.29 is 14.3 Å². The minimum atomic E-state index is -0.702. The fourth-order valence-corrected chi connectivity index (χ4v) is 3.93. The predicted octanol–water partition coefficient (Wildman–Crippen LogP) is 5.70. The predicted molar refractivity (Wildman–Crippen MR) is 110 cm³/mol. The first-order valence-corrected chi connectivity index (χ1v) is 10.3. The monoisotopic (exact) mass is 369 g/mol. The lowest BCUT2D eigenvalue weighted by Crippen LogP contribution is -2.45. The van der Waals surface area contributed by atoms with Gasteiger partial charge in [0.25, 0.3) is 5.91 Å². The van der Waals surface area contributed by atoms with Crippen LogP contribution < -0.4 is 10.1 Å². The van der Waals surface area contributed by atoms with Crippen LogP contribution in [0.15, 0.2) is 36.4 Å². The smallest absolute Gasteiger partial charge is 0.256 e. The molecule has 1 saturated carbocycles. The van der Waals surface area contributed by atoms with Crippen LogP contribution in [0.4, 0.5) is 5.69 Å². The molecule has 4 heteroatoms. The van der Waals surface area contributed by atoms with E-state index in [4.69, 9.17) is 9.47 Å². The van der Waals surface area contributed by atoms with Crippen LogP contribution in [-0.2, 0) is 9.53 Å². The van der Waals surface area contributed by atoms with Crippen molar-refractivity contribution >= 4 is 22.4 Å². The van der Waals surface area contributed by atoms with Gasteiger partial charge in [-0.1, -0.05) is 56.9 Å². The van der Waals surface area contributed by atoms with E-state index in [0.717, 1.165) is 54.3 Å². The highest BCUT2D eigenvalue weighted by atomic mass is 16.5. The highest BCUT2D eigenvalue weighted by Crippen LogP contribution is 2.35. The average Bonchev–Trinajstić information content (AvgIpc) is 2.95. The number of anilines is 1. The Bertz CT molecular complexity index is 763.